The molecule has 0 amide bonds. The topological polar surface area (TPSA) is 73.1 Å². The highest BCUT2D eigenvalue weighted by Gasteiger charge is 2.41. The zero-order valence-electron chi connectivity index (χ0n) is 12.8. The van der Waals surface area contributed by atoms with Gasteiger partial charge in [0, 0.05) is 16.9 Å². The van der Waals surface area contributed by atoms with E-state index < -0.39 is 10.0 Å². The molecule has 2 aromatic carbocycles. The van der Waals surface area contributed by atoms with Crippen LogP contribution in [0.3, 0.4) is 0 Å². The summed E-state index contributed by atoms with van der Waals surface area (Å²) in [5, 5.41) is 8.31. The van der Waals surface area contributed by atoms with Crippen LogP contribution in [0.1, 0.15) is 29.5 Å². The van der Waals surface area contributed by atoms with Crippen molar-refractivity contribution in [1.29, 1.82) is 0 Å². The quantitative estimate of drug-likeness (QED) is 0.774. The monoisotopic (exact) mass is 356 g/mol. The number of nitrogens with zero attached hydrogens (tertiary/aromatic N) is 1. The van der Waals surface area contributed by atoms with Crippen LogP contribution in [0.15, 0.2) is 64.9 Å². The van der Waals surface area contributed by atoms with Crippen LogP contribution in [-0.4, -0.2) is 13.4 Å². The molecule has 0 aliphatic heterocycles. The second-order valence-electron chi connectivity index (χ2n) is 6.01. The molecule has 1 fully saturated rings. The maximum atomic E-state index is 11.3. The van der Waals surface area contributed by atoms with E-state index in [1.54, 1.807) is 23.5 Å². The van der Waals surface area contributed by atoms with Crippen molar-refractivity contribution in [2.24, 2.45) is 5.14 Å². The third kappa shape index (κ3) is 3.00. The molecule has 1 aromatic heterocycles. The van der Waals surface area contributed by atoms with Gasteiger partial charge in [-0.15, -0.1) is 11.3 Å². The maximum absolute atomic E-state index is 11.3. The molecule has 0 saturated heterocycles. The van der Waals surface area contributed by atoms with Gasteiger partial charge in [0.2, 0.25) is 10.0 Å². The molecule has 3 aromatic rings. The summed E-state index contributed by atoms with van der Waals surface area (Å²) >= 11 is 1.67. The van der Waals surface area contributed by atoms with E-state index in [1.807, 2.05) is 30.3 Å². The number of aromatic nitrogens is 1. The van der Waals surface area contributed by atoms with Crippen LogP contribution in [0.25, 0.3) is 10.6 Å². The van der Waals surface area contributed by atoms with E-state index in [4.69, 9.17) is 10.1 Å². The minimum Gasteiger partial charge on any atom is -0.241 e. The SMILES string of the molecule is NS(=O)(=O)c1ccc([C@@H]2C[C@H]2c2csc(-c3ccccc3)n2)cc1. The van der Waals surface area contributed by atoms with Crippen LogP contribution in [0.4, 0.5) is 0 Å². The van der Waals surface area contributed by atoms with Crippen molar-refractivity contribution < 1.29 is 8.42 Å². The molecule has 1 aliphatic rings. The van der Waals surface area contributed by atoms with Crippen molar-refractivity contribution >= 4 is 21.4 Å². The van der Waals surface area contributed by atoms with Crippen molar-refractivity contribution in [1.82, 2.24) is 4.98 Å². The second-order valence-corrected chi connectivity index (χ2v) is 8.43. The standard InChI is InChI=1S/C18H16N2O2S2/c19-24(21,22)14-8-6-12(7-9-14)15-10-16(15)17-11-23-18(20-17)13-4-2-1-3-5-13/h1-9,11,15-16H,10H2,(H2,19,21,22)/t15-,16+/m0/s1. The Morgan fingerprint density at radius 2 is 1.71 bits per heavy atom. The van der Waals surface area contributed by atoms with E-state index in [1.165, 1.54) is 0 Å². The largest absolute Gasteiger partial charge is 0.241 e. The second kappa shape index (κ2) is 5.81. The first-order valence-electron chi connectivity index (χ1n) is 7.66. The lowest BCUT2D eigenvalue weighted by molar-refractivity contribution is 0.598. The number of rotatable bonds is 4. The summed E-state index contributed by atoms with van der Waals surface area (Å²) in [7, 11) is -3.63. The first kappa shape index (κ1) is 15.5. The Balaban J connectivity index is 1.52. The van der Waals surface area contributed by atoms with Gasteiger partial charge in [-0.25, -0.2) is 18.5 Å². The van der Waals surface area contributed by atoms with Crippen molar-refractivity contribution in [3.05, 3.63) is 71.2 Å². The average Bonchev–Trinajstić information content (AvgIpc) is 3.23. The van der Waals surface area contributed by atoms with Gasteiger partial charge in [-0.3, -0.25) is 0 Å². The van der Waals surface area contributed by atoms with E-state index in [0.717, 1.165) is 28.2 Å². The van der Waals surface area contributed by atoms with E-state index in [0.29, 0.717) is 11.8 Å². The van der Waals surface area contributed by atoms with E-state index in [9.17, 15) is 8.42 Å². The fourth-order valence-corrected chi connectivity index (χ4v) is 4.37. The summed E-state index contributed by atoms with van der Waals surface area (Å²) in [4.78, 5) is 4.93. The Morgan fingerprint density at radius 3 is 2.38 bits per heavy atom. The highest BCUT2D eigenvalue weighted by atomic mass is 32.2. The van der Waals surface area contributed by atoms with Crippen LogP contribution in [0.2, 0.25) is 0 Å². The molecule has 2 N–H and O–H groups in total. The molecule has 0 spiro atoms. The molecular weight excluding hydrogens is 340 g/mol. The summed E-state index contributed by atoms with van der Waals surface area (Å²) in [6.45, 7) is 0. The minimum atomic E-state index is -3.63. The molecule has 4 nitrogen and oxygen atoms in total. The van der Waals surface area contributed by atoms with Crippen molar-refractivity contribution in [2.45, 2.75) is 23.2 Å². The third-order valence-electron chi connectivity index (χ3n) is 4.35. The molecule has 4 rings (SSSR count). The van der Waals surface area contributed by atoms with Gasteiger partial charge < -0.3 is 0 Å². The molecule has 1 saturated carbocycles. The summed E-state index contributed by atoms with van der Waals surface area (Å²) in [5.41, 5.74) is 3.41. The smallest absolute Gasteiger partial charge is 0.238 e. The van der Waals surface area contributed by atoms with E-state index in [2.05, 4.69) is 17.5 Å². The fraction of sp³-hybridized carbons (Fsp3) is 0.167. The first-order chi connectivity index (χ1) is 11.5. The van der Waals surface area contributed by atoms with Gasteiger partial charge in [0.1, 0.15) is 5.01 Å². The van der Waals surface area contributed by atoms with Gasteiger partial charge in [0.15, 0.2) is 0 Å². The molecule has 122 valence electrons. The van der Waals surface area contributed by atoms with Crippen molar-refractivity contribution in [3.8, 4) is 10.6 Å². The van der Waals surface area contributed by atoms with Crippen LogP contribution < -0.4 is 5.14 Å². The van der Waals surface area contributed by atoms with E-state index >= 15 is 0 Å². The molecule has 2 atom stereocenters. The number of nitrogens with two attached hydrogens (primary N) is 1. The predicted octanol–water partition coefficient (Wildman–Crippen LogP) is 3.73. The average molecular weight is 356 g/mol. The van der Waals surface area contributed by atoms with Gasteiger partial charge >= 0.3 is 0 Å². The predicted molar refractivity (Wildman–Crippen MR) is 95.5 cm³/mol. The molecular formula is C18H16N2O2S2. The maximum Gasteiger partial charge on any atom is 0.238 e. The lowest BCUT2D eigenvalue weighted by atomic mass is 10.1. The summed E-state index contributed by atoms with van der Waals surface area (Å²) in [6, 6.07) is 17.0. The Hall–Kier alpha value is -2.02. The number of sulfonamides is 1. The Bertz CT molecular complexity index is 964. The molecule has 1 heterocycles. The van der Waals surface area contributed by atoms with Gasteiger partial charge in [-0.05, 0) is 30.0 Å². The molecule has 0 bridgehead atoms. The Labute approximate surface area is 145 Å². The van der Waals surface area contributed by atoms with Crippen LogP contribution in [0.5, 0.6) is 0 Å². The summed E-state index contributed by atoms with van der Waals surface area (Å²) in [5.74, 6) is 0.823. The molecule has 1 aliphatic carbocycles. The van der Waals surface area contributed by atoms with Gasteiger partial charge in [-0.2, -0.15) is 0 Å². The number of hydrogen-bond donors (Lipinski definition) is 1. The molecule has 0 unspecified atom stereocenters. The van der Waals surface area contributed by atoms with Crippen molar-refractivity contribution in [2.75, 3.05) is 0 Å². The molecule has 0 radical (unpaired) electrons. The summed E-state index contributed by atoms with van der Waals surface area (Å²) < 4.78 is 22.6. The van der Waals surface area contributed by atoms with Crippen LogP contribution >= 0.6 is 11.3 Å². The molecule has 6 heteroatoms. The lowest BCUT2D eigenvalue weighted by Gasteiger charge is -2.02. The Kier molecular flexibility index (Phi) is 3.75. The number of primary sulfonamides is 1. The number of benzene rings is 2. The highest BCUT2D eigenvalue weighted by Crippen LogP contribution is 2.54. The minimum absolute atomic E-state index is 0.156. The van der Waals surface area contributed by atoms with E-state index in [-0.39, 0.29) is 4.90 Å². The lowest BCUT2D eigenvalue weighted by Crippen LogP contribution is -2.11. The van der Waals surface area contributed by atoms with Gasteiger partial charge in [-0.1, -0.05) is 42.5 Å². The van der Waals surface area contributed by atoms with Crippen molar-refractivity contribution in [3.63, 3.8) is 0 Å². The number of thiazole rings is 1. The third-order valence-corrected chi connectivity index (χ3v) is 6.19. The zero-order chi connectivity index (χ0) is 16.7. The number of hydrogen-bond acceptors (Lipinski definition) is 4. The highest BCUT2D eigenvalue weighted by molar-refractivity contribution is 7.89. The van der Waals surface area contributed by atoms with Crippen LogP contribution in [0, 0.1) is 0 Å². The van der Waals surface area contributed by atoms with Gasteiger partial charge in [0.05, 0.1) is 10.6 Å². The summed E-state index contributed by atoms with van der Waals surface area (Å²) in [6.07, 6.45) is 1.05. The molecule has 24 heavy (non-hydrogen) atoms. The Morgan fingerprint density at radius 1 is 1.00 bits per heavy atom. The normalized spacial score (nSPS) is 20.0. The zero-order valence-corrected chi connectivity index (χ0v) is 14.4. The van der Waals surface area contributed by atoms with Gasteiger partial charge in [0.25, 0.3) is 0 Å². The van der Waals surface area contributed by atoms with Crippen LogP contribution in [-0.2, 0) is 10.0 Å². The first-order valence-corrected chi connectivity index (χ1v) is 10.1. The fourth-order valence-electron chi connectivity index (χ4n) is 2.96.